The van der Waals surface area contributed by atoms with Crippen molar-refractivity contribution in [2.45, 2.75) is 25.8 Å². The predicted molar refractivity (Wildman–Crippen MR) is 68.6 cm³/mol. The Labute approximate surface area is 105 Å². The van der Waals surface area contributed by atoms with E-state index in [0.717, 1.165) is 29.4 Å². The predicted octanol–water partition coefficient (Wildman–Crippen LogP) is 0.802. The fraction of sp³-hybridized carbons (Fsp3) is 0.455. The zero-order valence-electron chi connectivity index (χ0n) is 10.1. The minimum Gasteiger partial charge on any atom is -0.338 e. The van der Waals surface area contributed by atoms with Gasteiger partial charge in [-0.3, -0.25) is 11.3 Å². The molecular formula is C11H17N5S. The fourth-order valence-corrected chi connectivity index (χ4v) is 2.56. The van der Waals surface area contributed by atoms with E-state index >= 15 is 0 Å². The number of hydrogen-bond acceptors (Lipinski definition) is 5. The molecule has 2 heterocycles. The second kappa shape index (κ2) is 5.39. The Hall–Kier alpha value is -1.24. The van der Waals surface area contributed by atoms with Gasteiger partial charge in [-0.15, -0.1) is 11.3 Å². The molecule has 2 aromatic rings. The van der Waals surface area contributed by atoms with E-state index < -0.39 is 0 Å². The highest BCUT2D eigenvalue weighted by atomic mass is 32.1. The highest BCUT2D eigenvalue weighted by Crippen LogP contribution is 2.12. The van der Waals surface area contributed by atoms with Crippen molar-refractivity contribution >= 4 is 11.3 Å². The summed E-state index contributed by atoms with van der Waals surface area (Å²) in [5, 5.41) is 3.17. The molecule has 0 aromatic carbocycles. The third-order valence-electron chi connectivity index (χ3n) is 2.67. The molecule has 17 heavy (non-hydrogen) atoms. The molecule has 3 N–H and O–H groups in total. The standard InChI is InChI=1S/C11H17N5S/c1-8-7-17-11(14-8)6-9(15-12)5-10-13-3-4-16(10)2/h3-4,7,9,15H,5-6,12H2,1-2H3. The molecule has 1 unspecified atom stereocenters. The number of hydrazine groups is 1. The number of imidazole rings is 1. The van der Waals surface area contributed by atoms with E-state index in [1.165, 1.54) is 0 Å². The first-order valence-corrected chi connectivity index (χ1v) is 6.40. The molecule has 0 fully saturated rings. The van der Waals surface area contributed by atoms with Gasteiger partial charge in [0.05, 0.1) is 5.01 Å². The van der Waals surface area contributed by atoms with Crippen molar-refractivity contribution in [3.8, 4) is 0 Å². The van der Waals surface area contributed by atoms with E-state index in [9.17, 15) is 0 Å². The number of nitrogens with zero attached hydrogens (tertiary/aromatic N) is 3. The number of aromatic nitrogens is 3. The largest absolute Gasteiger partial charge is 0.338 e. The van der Waals surface area contributed by atoms with Crippen LogP contribution in [0.2, 0.25) is 0 Å². The molecule has 5 nitrogen and oxygen atoms in total. The quantitative estimate of drug-likeness (QED) is 0.609. The summed E-state index contributed by atoms with van der Waals surface area (Å²) in [7, 11) is 1.99. The van der Waals surface area contributed by atoms with Crippen molar-refractivity contribution in [2.24, 2.45) is 12.9 Å². The Kier molecular flexibility index (Phi) is 3.88. The SMILES string of the molecule is Cc1csc(CC(Cc2nccn2C)NN)n1. The summed E-state index contributed by atoms with van der Waals surface area (Å²) in [4.78, 5) is 8.75. The van der Waals surface area contributed by atoms with Gasteiger partial charge in [0.2, 0.25) is 0 Å². The van der Waals surface area contributed by atoms with Gasteiger partial charge >= 0.3 is 0 Å². The van der Waals surface area contributed by atoms with Crippen molar-refractivity contribution in [3.05, 3.63) is 34.3 Å². The maximum Gasteiger partial charge on any atom is 0.109 e. The minimum atomic E-state index is 0.168. The first-order valence-electron chi connectivity index (χ1n) is 5.52. The average Bonchev–Trinajstić information content (AvgIpc) is 2.88. The lowest BCUT2D eigenvalue weighted by atomic mass is 10.1. The Morgan fingerprint density at radius 1 is 1.53 bits per heavy atom. The highest BCUT2D eigenvalue weighted by Gasteiger charge is 2.13. The van der Waals surface area contributed by atoms with Crippen LogP contribution < -0.4 is 11.3 Å². The van der Waals surface area contributed by atoms with E-state index in [0.29, 0.717) is 0 Å². The van der Waals surface area contributed by atoms with Gasteiger partial charge in [0.15, 0.2) is 0 Å². The summed E-state index contributed by atoms with van der Waals surface area (Å²) in [5.74, 6) is 6.61. The zero-order chi connectivity index (χ0) is 12.3. The lowest BCUT2D eigenvalue weighted by molar-refractivity contribution is 0.503. The molecule has 0 aliphatic heterocycles. The van der Waals surface area contributed by atoms with Crippen LogP contribution in [-0.4, -0.2) is 20.6 Å². The average molecular weight is 251 g/mol. The Morgan fingerprint density at radius 3 is 2.88 bits per heavy atom. The highest BCUT2D eigenvalue weighted by molar-refractivity contribution is 7.09. The van der Waals surface area contributed by atoms with Crippen molar-refractivity contribution in [1.82, 2.24) is 20.0 Å². The molecule has 92 valence electrons. The fourth-order valence-electron chi connectivity index (χ4n) is 1.71. The van der Waals surface area contributed by atoms with Gasteiger partial charge in [-0.05, 0) is 6.92 Å². The maximum atomic E-state index is 5.58. The topological polar surface area (TPSA) is 68.8 Å². The summed E-state index contributed by atoms with van der Waals surface area (Å²) in [6.45, 7) is 2.00. The van der Waals surface area contributed by atoms with Crippen LogP contribution in [-0.2, 0) is 19.9 Å². The van der Waals surface area contributed by atoms with Gasteiger partial charge in [-0.1, -0.05) is 0 Å². The molecule has 0 spiro atoms. The molecule has 0 radical (unpaired) electrons. The van der Waals surface area contributed by atoms with Gasteiger partial charge < -0.3 is 4.57 Å². The van der Waals surface area contributed by atoms with E-state index in [1.807, 2.05) is 24.7 Å². The monoisotopic (exact) mass is 251 g/mol. The van der Waals surface area contributed by atoms with Gasteiger partial charge in [-0.25, -0.2) is 9.97 Å². The first-order chi connectivity index (χ1) is 8.19. The number of nitrogens with two attached hydrogens (primary N) is 1. The summed E-state index contributed by atoms with van der Waals surface area (Å²) >= 11 is 1.68. The van der Waals surface area contributed by atoms with E-state index in [-0.39, 0.29) is 6.04 Å². The molecule has 0 saturated heterocycles. The van der Waals surface area contributed by atoms with Gasteiger partial charge in [0, 0.05) is 49.4 Å². The minimum absolute atomic E-state index is 0.168. The van der Waals surface area contributed by atoms with Crippen LogP contribution in [0.25, 0.3) is 0 Å². The number of nitrogens with one attached hydrogen (secondary N) is 1. The Bertz CT molecular complexity index is 476. The molecule has 2 rings (SSSR count). The van der Waals surface area contributed by atoms with Gasteiger partial charge in [0.1, 0.15) is 5.82 Å². The normalized spacial score (nSPS) is 12.9. The number of hydrogen-bond donors (Lipinski definition) is 2. The third kappa shape index (κ3) is 3.12. The van der Waals surface area contributed by atoms with E-state index in [2.05, 4.69) is 20.8 Å². The van der Waals surface area contributed by atoms with E-state index in [1.54, 1.807) is 17.5 Å². The molecule has 0 aliphatic rings. The molecule has 0 saturated carbocycles. The smallest absolute Gasteiger partial charge is 0.109 e. The molecule has 0 bridgehead atoms. The summed E-state index contributed by atoms with van der Waals surface area (Å²) in [5.41, 5.74) is 3.91. The second-order valence-electron chi connectivity index (χ2n) is 4.11. The molecule has 6 heteroatoms. The van der Waals surface area contributed by atoms with Gasteiger partial charge in [0.25, 0.3) is 0 Å². The Balaban J connectivity index is 2.00. The lowest BCUT2D eigenvalue weighted by Gasteiger charge is -2.13. The van der Waals surface area contributed by atoms with Crippen molar-refractivity contribution in [2.75, 3.05) is 0 Å². The zero-order valence-corrected chi connectivity index (χ0v) is 10.9. The molecule has 0 amide bonds. The first kappa shape index (κ1) is 12.2. The van der Waals surface area contributed by atoms with Crippen LogP contribution >= 0.6 is 11.3 Å². The third-order valence-corrected chi connectivity index (χ3v) is 3.66. The van der Waals surface area contributed by atoms with Crippen molar-refractivity contribution in [3.63, 3.8) is 0 Å². The van der Waals surface area contributed by atoms with Crippen LogP contribution in [0.1, 0.15) is 16.5 Å². The summed E-state index contributed by atoms with van der Waals surface area (Å²) < 4.78 is 2.01. The molecule has 0 aliphatic carbocycles. The Morgan fingerprint density at radius 2 is 2.35 bits per heavy atom. The number of thiazole rings is 1. The maximum absolute atomic E-state index is 5.58. The molecule has 1 atom stereocenters. The van der Waals surface area contributed by atoms with Crippen LogP contribution in [0.4, 0.5) is 0 Å². The second-order valence-corrected chi connectivity index (χ2v) is 5.05. The lowest BCUT2D eigenvalue weighted by Crippen LogP contribution is -2.39. The number of rotatable bonds is 5. The van der Waals surface area contributed by atoms with Crippen LogP contribution in [0.3, 0.4) is 0 Å². The molecule has 2 aromatic heterocycles. The van der Waals surface area contributed by atoms with Crippen molar-refractivity contribution < 1.29 is 0 Å². The van der Waals surface area contributed by atoms with Crippen LogP contribution in [0.5, 0.6) is 0 Å². The summed E-state index contributed by atoms with van der Waals surface area (Å²) in [6, 6.07) is 0.168. The number of aryl methyl sites for hydroxylation is 2. The molecular weight excluding hydrogens is 234 g/mol. The van der Waals surface area contributed by atoms with Gasteiger partial charge in [-0.2, -0.15) is 0 Å². The van der Waals surface area contributed by atoms with Crippen molar-refractivity contribution in [1.29, 1.82) is 0 Å². The van der Waals surface area contributed by atoms with Crippen LogP contribution in [0, 0.1) is 6.92 Å². The summed E-state index contributed by atoms with van der Waals surface area (Å²) in [6.07, 6.45) is 5.38. The van der Waals surface area contributed by atoms with E-state index in [4.69, 9.17) is 5.84 Å². The van der Waals surface area contributed by atoms with Crippen LogP contribution in [0.15, 0.2) is 17.8 Å².